The van der Waals surface area contributed by atoms with E-state index in [0.29, 0.717) is 52.1 Å². The second-order valence-corrected chi connectivity index (χ2v) is 11.8. The lowest BCUT2D eigenvalue weighted by Gasteiger charge is -2.37. The van der Waals surface area contributed by atoms with Crippen molar-refractivity contribution in [1.82, 2.24) is 14.1 Å². The molecule has 0 bridgehead atoms. The van der Waals surface area contributed by atoms with E-state index >= 15 is 0 Å². The molecule has 0 aliphatic carbocycles. The first-order valence-electron chi connectivity index (χ1n) is 9.47. The van der Waals surface area contributed by atoms with Crippen molar-refractivity contribution in [2.24, 2.45) is 0 Å². The first-order valence-corrected chi connectivity index (χ1v) is 12.9. The van der Waals surface area contributed by atoms with Crippen molar-refractivity contribution in [2.75, 3.05) is 56.5 Å². The van der Waals surface area contributed by atoms with Gasteiger partial charge in [-0.2, -0.15) is 0 Å². The fraction of sp³-hybridized carbons (Fsp3) is 0.938. The molecule has 8 nitrogen and oxygen atoms in total. The molecule has 0 saturated carbocycles. The fourth-order valence-electron chi connectivity index (χ4n) is 4.06. The smallest absolute Gasteiger partial charge is 0.222 e. The standard InChI is InChI=1S/C16H29N3O5S2/c20-16(4-3-12-26(23,24)19-6-1-2-7-19)18-10-8-17(9-11-18)15-5-13-25(21,22)14-15/h15H,1-14H2. The number of rotatable bonds is 6. The molecule has 0 N–H and O–H groups in total. The van der Waals surface area contributed by atoms with Gasteiger partial charge in [-0.15, -0.1) is 0 Å². The minimum absolute atomic E-state index is 0.000292. The molecule has 1 atom stereocenters. The molecule has 0 spiro atoms. The molecule has 0 aromatic heterocycles. The molecule has 1 unspecified atom stereocenters. The van der Waals surface area contributed by atoms with Crippen LogP contribution in [0.25, 0.3) is 0 Å². The summed E-state index contributed by atoms with van der Waals surface area (Å²) in [6.07, 6.45) is 3.14. The predicted molar refractivity (Wildman–Crippen MR) is 99.0 cm³/mol. The zero-order valence-electron chi connectivity index (χ0n) is 15.2. The monoisotopic (exact) mass is 407 g/mol. The molecule has 3 aliphatic heterocycles. The van der Waals surface area contributed by atoms with Gasteiger partial charge in [0.05, 0.1) is 17.3 Å². The van der Waals surface area contributed by atoms with Crippen molar-refractivity contribution in [1.29, 1.82) is 0 Å². The number of carbonyl (C=O) groups excluding carboxylic acids is 1. The molecule has 150 valence electrons. The molecule has 0 aromatic rings. The lowest BCUT2D eigenvalue weighted by molar-refractivity contribution is -0.133. The van der Waals surface area contributed by atoms with E-state index in [4.69, 9.17) is 0 Å². The van der Waals surface area contributed by atoms with Crippen LogP contribution in [0.4, 0.5) is 0 Å². The van der Waals surface area contributed by atoms with Crippen molar-refractivity contribution in [3.8, 4) is 0 Å². The minimum Gasteiger partial charge on any atom is -0.340 e. The molecule has 0 aromatic carbocycles. The van der Waals surface area contributed by atoms with E-state index in [2.05, 4.69) is 4.90 Å². The second-order valence-electron chi connectivity index (χ2n) is 7.50. The van der Waals surface area contributed by atoms with Gasteiger partial charge in [0, 0.05) is 51.7 Å². The predicted octanol–water partition coefficient (Wildman–Crippen LogP) is -0.476. The average Bonchev–Trinajstić information content (AvgIpc) is 3.25. The summed E-state index contributed by atoms with van der Waals surface area (Å²) in [5.41, 5.74) is 0. The third kappa shape index (κ3) is 4.96. The molecule has 3 rings (SSSR count). The Kier molecular flexibility index (Phi) is 6.25. The van der Waals surface area contributed by atoms with E-state index in [0.717, 1.165) is 12.8 Å². The molecule has 3 heterocycles. The summed E-state index contributed by atoms with van der Waals surface area (Å²) in [6, 6.07) is 0.0860. The molecular weight excluding hydrogens is 378 g/mol. The number of sulfonamides is 1. The summed E-state index contributed by atoms with van der Waals surface area (Å²) in [7, 11) is -6.11. The zero-order chi connectivity index (χ0) is 18.8. The van der Waals surface area contributed by atoms with Crippen molar-refractivity contribution in [3.63, 3.8) is 0 Å². The highest BCUT2D eigenvalue weighted by Gasteiger charge is 2.34. The second kappa shape index (κ2) is 8.12. The van der Waals surface area contributed by atoms with Crippen molar-refractivity contribution in [2.45, 2.75) is 38.1 Å². The first-order chi connectivity index (χ1) is 12.3. The molecule has 3 saturated heterocycles. The van der Waals surface area contributed by atoms with Gasteiger partial charge in [0.25, 0.3) is 0 Å². The van der Waals surface area contributed by atoms with Gasteiger partial charge in [0.1, 0.15) is 0 Å². The highest BCUT2D eigenvalue weighted by atomic mass is 32.2. The number of piperazine rings is 1. The van der Waals surface area contributed by atoms with Crippen LogP contribution in [0.1, 0.15) is 32.1 Å². The summed E-state index contributed by atoms with van der Waals surface area (Å²) in [6.45, 7) is 3.78. The van der Waals surface area contributed by atoms with Crippen LogP contribution < -0.4 is 0 Å². The van der Waals surface area contributed by atoms with Crippen LogP contribution in [0.3, 0.4) is 0 Å². The SMILES string of the molecule is O=C(CCCS(=O)(=O)N1CCCC1)N1CCN(C2CCS(=O)(=O)C2)CC1. The van der Waals surface area contributed by atoms with Crippen LogP contribution >= 0.6 is 0 Å². The van der Waals surface area contributed by atoms with Gasteiger partial charge in [0.15, 0.2) is 9.84 Å². The van der Waals surface area contributed by atoms with Gasteiger partial charge in [-0.3, -0.25) is 9.69 Å². The van der Waals surface area contributed by atoms with Crippen molar-refractivity contribution in [3.05, 3.63) is 0 Å². The number of sulfone groups is 1. The van der Waals surface area contributed by atoms with Crippen LogP contribution in [0.2, 0.25) is 0 Å². The largest absolute Gasteiger partial charge is 0.340 e. The highest BCUT2D eigenvalue weighted by Crippen LogP contribution is 2.20. The van der Waals surface area contributed by atoms with Gasteiger partial charge < -0.3 is 4.90 Å². The summed E-state index contributed by atoms with van der Waals surface area (Å²) < 4.78 is 49.1. The maximum atomic E-state index is 12.3. The Bertz CT molecular complexity index is 708. The van der Waals surface area contributed by atoms with Crippen LogP contribution in [0, 0.1) is 0 Å². The highest BCUT2D eigenvalue weighted by molar-refractivity contribution is 7.91. The van der Waals surface area contributed by atoms with E-state index < -0.39 is 19.9 Å². The summed E-state index contributed by atoms with van der Waals surface area (Å²) >= 11 is 0. The molecule has 1 amide bonds. The van der Waals surface area contributed by atoms with E-state index in [9.17, 15) is 21.6 Å². The lowest BCUT2D eigenvalue weighted by atomic mass is 10.2. The minimum atomic E-state index is -3.22. The molecular formula is C16H29N3O5S2. The summed E-state index contributed by atoms with van der Waals surface area (Å²) in [4.78, 5) is 16.3. The normalized spacial score (nSPS) is 27.8. The number of hydrogen-bond donors (Lipinski definition) is 0. The van der Waals surface area contributed by atoms with Crippen LogP contribution in [-0.2, 0) is 24.7 Å². The number of nitrogens with zero attached hydrogens (tertiary/aromatic N) is 3. The van der Waals surface area contributed by atoms with Gasteiger partial charge in [-0.25, -0.2) is 21.1 Å². The first kappa shape index (κ1) is 20.0. The Labute approximate surface area is 156 Å². The summed E-state index contributed by atoms with van der Waals surface area (Å²) in [5, 5.41) is 0. The third-order valence-electron chi connectivity index (χ3n) is 5.64. The van der Waals surface area contributed by atoms with E-state index in [1.54, 1.807) is 4.90 Å². The topological polar surface area (TPSA) is 95.1 Å². The Morgan fingerprint density at radius 1 is 1.00 bits per heavy atom. The molecule has 10 heteroatoms. The van der Waals surface area contributed by atoms with Crippen molar-refractivity contribution < 1.29 is 21.6 Å². The van der Waals surface area contributed by atoms with E-state index in [1.807, 2.05) is 0 Å². The molecule has 0 radical (unpaired) electrons. The van der Waals surface area contributed by atoms with Crippen LogP contribution in [-0.4, -0.2) is 99.4 Å². The van der Waals surface area contributed by atoms with Gasteiger partial charge >= 0.3 is 0 Å². The zero-order valence-corrected chi connectivity index (χ0v) is 16.8. The van der Waals surface area contributed by atoms with E-state index in [1.165, 1.54) is 4.31 Å². The average molecular weight is 408 g/mol. The number of amides is 1. The lowest BCUT2D eigenvalue weighted by Crippen LogP contribution is -2.52. The van der Waals surface area contributed by atoms with Gasteiger partial charge in [-0.05, 0) is 25.7 Å². The Hall–Kier alpha value is -0.710. The maximum absolute atomic E-state index is 12.3. The molecule has 26 heavy (non-hydrogen) atoms. The third-order valence-corrected chi connectivity index (χ3v) is 9.35. The Balaban J connectivity index is 1.38. The van der Waals surface area contributed by atoms with Crippen LogP contribution in [0.15, 0.2) is 0 Å². The number of hydrogen-bond acceptors (Lipinski definition) is 6. The quantitative estimate of drug-likeness (QED) is 0.590. The number of carbonyl (C=O) groups is 1. The van der Waals surface area contributed by atoms with Crippen molar-refractivity contribution >= 4 is 25.8 Å². The van der Waals surface area contributed by atoms with Gasteiger partial charge in [-0.1, -0.05) is 0 Å². The Morgan fingerprint density at radius 2 is 1.65 bits per heavy atom. The van der Waals surface area contributed by atoms with E-state index in [-0.39, 0.29) is 35.6 Å². The Morgan fingerprint density at radius 3 is 2.23 bits per heavy atom. The maximum Gasteiger partial charge on any atom is 0.222 e. The van der Waals surface area contributed by atoms with Crippen LogP contribution in [0.5, 0.6) is 0 Å². The molecule has 3 aliphatic rings. The molecule has 3 fully saturated rings. The van der Waals surface area contributed by atoms with Gasteiger partial charge in [0.2, 0.25) is 15.9 Å². The summed E-state index contributed by atoms with van der Waals surface area (Å²) in [5.74, 6) is 0.538. The fourth-order valence-corrected chi connectivity index (χ4v) is 7.40.